The van der Waals surface area contributed by atoms with Gasteiger partial charge in [0.05, 0.1) is 13.2 Å². The van der Waals surface area contributed by atoms with E-state index in [1.165, 1.54) is 0 Å². The molecule has 0 aromatic heterocycles. The molecule has 1 aliphatic heterocycles. The molecule has 1 heterocycles. The van der Waals surface area contributed by atoms with E-state index in [2.05, 4.69) is 16.4 Å². The molecule has 0 N–H and O–H groups in total. The Kier molecular flexibility index (Phi) is 5.36. The summed E-state index contributed by atoms with van der Waals surface area (Å²) < 4.78 is 4.91. The molecule has 0 aromatic carbocycles. The van der Waals surface area contributed by atoms with Crippen LogP contribution in [-0.4, -0.2) is 61.6 Å². The van der Waals surface area contributed by atoms with E-state index in [0.29, 0.717) is 13.2 Å². The number of hydrogen-bond acceptors (Lipinski definition) is 4. The standard InChI is InChI=1S/C11H20N2O2/c1-3-5-12-6-8-13(9-7-12)10-11(14)15-4-2/h3H,1,4-10H2,2H3. The molecule has 0 unspecified atom stereocenters. The molecule has 0 radical (unpaired) electrons. The summed E-state index contributed by atoms with van der Waals surface area (Å²) in [6.07, 6.45) is 1.92. The maximum absolute atomic E-state index is 11.2. The predicted octanol–water partition coefficient (Wildman–Crippen LogP) is 0.353. The molecule has 1 saturated heterocycles. The fraction of sp³-hybridized carbons (Fsp3) is 0.727. The second-order valence-corrected chi connectivity index (χ2v) is 3.67. The van der Waals surface area contributed by atoms with E-state index < -0.39 is 0 Å². The number of rotatable bonds is 5. The molecule has 86 valence electrons. The van der Waals surface area contributed by atoms with E-state index in [1.54, 1.807) is 0 Å². The van der Waals surface area contributed by atoms with Crippen molar-refractivity contribution in [2.45, 2.75) is 6.92 Å². The van der Waals surface area contributed by atoms with Gasteiger partial charge in [0.25, 0.3) is 0 Å². The van der Waals surface area contributed by atoms with Crippen molar-refractivity contribution in [3.63, 3.8) is 0 Å². The highest BCUT2D eigenvalue weighted by molar-refractivity contribution is 5.71. The van der Waals surface area contributed by atoms with Gasteiger partial charge in [0.1, 0.15) is 0 Å². The SMILES string of the molecule is C=CCN1CCN(CC(=O)OCC)CC1. The lowest BCUT2D eigenvalue weighted by molar-refractivity contribution is -0.144. The molecule has 0 atom stereocenters. The van der Waals surface area contributed by atoms with Crippen LogP contribution < -0.4 is 0 Å². The average Bonchev–Trinajstić information content (AvgIpc) is 2.22. The summed E-state index contributed by atoms with van der Waals surface area (Å²) in [6.45, 7) is 11.3. The summed E-state index contributed by atoms with van der Waals surface area (Å²) >= 11 is 0. The second-order valence-electron chi connectivity index (χ2n) is 3.67. The van der Waals surface area contributed by atoms with Crippen LogP contribution in [0, 0.1) is 0 Å². The largest absolute Gasteiger partial charge is 0.465 e. The molecule has 4 heteroatoms. The van der Waals surface area contributed by atoms with Gasteiger partial charge >= 0.3 is 5.97 Å². The van der Waals surface area contributed by atoms with E-state index in [-0.39, 0.29) is 5.97 Å². The van der Waals surface area contributed by atoms with Crippen LogP contribution in [0.4, 0.5) is 0 Å². The van der Waals surface area contributed by atoms with Gasteiger partial charge in [0, 0.05) is 32.7 Å². The number of carbonyl (C=O) groups excluding carboxylic acids is 1. The van der Waals surface area contributed by atoms with Crippen molar-refractivity contribution in [2.24, 2.45) is 0 Å². The van der Waals surface area contributed by atoms with Gasteiger partial charge in [-0.15, -0.1) is 6.58 Å². The number of carbonyl (C=O) groups is 1. The van der Waals surface area contributed by atoms with Crippen LogP contribution in [0.2, 0.25) is 0 Å². The van der Waals surface area contributed by atoms with Crippen LogP contribution in [0.5, 0.6) is 0 Å². The molecular weight excluding hydrogens is 192 g/mol. The summed E-state index contributed by atoms with van der Waals surface area (Å²) in [4.78, 5) is 15.7. The Morgan fingerprint density at radius 3 is 2.47 bits per heavy atom. The van der Waals surface area contributed by atoms with E-state index in [4.69, 9.17) is 4.74 Å². The summed E-state index contributed by atoms with van der Waals surface area (Å²) in [6, 6.07) is 0. The third kappa shape index (κ3) is 4.44. The molecule has 4 nitrogen and oxygen atoms in total. The Labute approximate surface area is 91.5 Å². The first-order valence-electron chi connectivity index (χ1n) is 5.47. The smallest absolute Gasteiger partial charge is 0.320 e. The van der Waals surface area contributed by atoms with E-state index in [9.17, 15) is 4.79 Å². The molecule has 0 amide bonds. The normalized spacial score (nSPS) is 18.7. The van der Waals surface area contributed by atoms with Crippen LogP contribution in [0.15, 0.2) is 12.7 Å². The van der Waals surface area contributed by atoms with E-state index in [1.807, 2.05) is 13.0 Å². The molecule has 0 bridgehead atoms. The first-order chi connectivity index (χ1) is 7.26. The zero-order chi connectivity index (χ0) is 11.1. The van der Waals surface area contributed by atoms with Crippen molar-refractivity contribution < 1.29 is 9.53 Å². The van der Waals surface area contributed by atoms with Crippen LogP contribution in [0.1, 0.15) is 6.92 Å². The van der Waals surface area contributed by atoms with Crippen LogP contribution >= 0.6 is 0 Å². The highest BCUT2D eigenvalue weighted by Gasteiger charge is 2.18. The fourth-order valence-electron chi connectivity index (χ4n) is 1.70. The quantitative estimate of drug-likeness (QED) is 0.486. The Morgan fingerprint density at radius 1 is 1.33 bits per heavy atom. The summed E-state index contributed by atoms with van der Waals surface area (Å²) in [7, 11) is 0. The number of nitrogens with zero attached hydrogens (tertiary/aromatic N) is 2. The third-order valence-corrected chi connectivity index (χ3v) is 2.51. The van der Waals surface area contributed by atoms with Crippen molar-refractivity contribution in [2.75, 3.05) is 45.9 Å². The number of esters is 1. The van der Waals surface area contributed by atoms with Gasteiger partial charge in [-0.05, 0) is 6.92 Å². The van der Waals surface area contributed by atoms with Gasteiger partial charge in [-0.1, -0.05) is 6.08 Å². The molecule has 0 aliphatic carbocycles. The molecule has 1 aliphatic rings. The Morgan fingerprint density at radius 2 is 1.93 bits per heavy atom. The van der Waals surface area contributed by atoms with Crippen molar-refractivity contribution >= 4 is 5.97 Å². The summed E-state index contributed by atoms with van der Waals surface area (Å²) in [5, 5.41) is 0. The topological polar surface area (TPSA) is 32.8 Å². The molecule has 15 heavy (non-hydrogen) atoms. The Bertz CT molecular complexity index is 211. The van der Waals surface area contributed by atoms with Gasteiger partial charge in [-0.25, -0.2) is 0 Å². The van der Waals surface area contributed by atoms with Crippen molar-refractivity contribution in [1.82, 2.24) is 9.80 Å². The lowest BCUT2D eigenvalue weighted by Crippen LogP contribution is -2.48. The molecule has 0 aromatic rings. The molecule has 1 fully saturated rings. The van der Waals surface area contributed by atoms with Gasteiger partial charge in [-0.3, -0.25) is 14.6 Å². The first kappa shape index (κ1) is 12.2. The number of ether oxygens (including phenoxy) is 1. The number of hydrogen-bond donors (Lipinski definition) is 0. The highest BCUT2D eigenvalue weighted by Crippen LogP contribution is 2.01. The predicted molar refractivity (Wildman–Crippen MR) is 59.7 cm³/mol. The summed E-state index contributed by atoms with van der Waals surface area (Å²) in [5.74, 6) is -0.116. The van der Waals surface area contributed by atoms with Crippen LogP contribution in [0.3, 0.4) is 0 Å². The molecule has 0 spiro atoms. The third-order valence-electron chi connectivity index (χ3n) is 2.51. The molecule has 0 saturated carbocycles. The molecule has 1 rings (SSSR count). The minimum absolute atomic E-state index is 0.116. The van der Waals surface area contributed by atoms with Crippen molar-refractivity contribution in [3.8, 4) is 0 Å². The maximum Gasteiger partial charge on any atom is 0.320 e. The zero-order valence-corrected chi connectivity index (χ0v) is 9.45. The second kappa shape index (κ2) is 6.58. The average molecular weight is 212 g/mol. The van der Waals surface area contributed by atoms with Gasteiger partial charge in [0.15, 0.2) is 0 Å². The first-order valence-corrected chi connectivity index (χ1v) is 5.47. The van der Waals surface area contributed by atoms with Gasteiger partial charge in [-0.2, -0.15) is 0 Å². The molecular formula is C11H20N2O2. The minimum Gasteiger partial charge on any atom is -0.465 e. The summed E-state index contributed by atoms with van der Waals surface area (Å²) in [5.41, 5.74) is 0. The van der Waals surface area contributed by atoms with Crippen molar-refractivity contribution in [3.05, 3.63) is 12.7 Å². The monoisotopic (exact) mass is 212 g/mol. The Hall–Kier alpha value is -0.870. The van der Waals surface area contributed by atoms with Crippen molar-refractivity contribution in [1.29, 1.82) is 0 Å². The lowest BCUT2D eigenvalue weighted by Gasteiger charge is -2.33. The zero-order valence-electron chi connectivity index (χ0n) is 9.45. The Balaban J connectivity index is 2.19. The number of piperazine rings is 1. The van der Waals surface area contributed by atoms with Crippen LogP contribution in [-0.2, 0) is 9.53 Å². The van der Waals surface area contributed by atoms with E-state index in [0.717, 1.165) is 32.7 Å². The minimum atomic E-state index is -0.116. The highest BCUT2D eigenvalue weighted by atomic mass is 16.5. The fourth-order valence-corrected chi connectivity index (χ4v) is 1.70. The van der Waals surface area contributed by atoms with Crippen LogP contribution in [0.25, 0.3) is 0 Å². The lowest BCUT2D eigenvalue weighted by atomic mass is 10.3. The maximum atomic E-state index is 11.2. The van der Waals surface area contributed by atoms with E-state index >= 15 is 0 Å². The van der Waals surface area contributed by atoms with Gasteiger partial charge < -0.3 is 4.74 Å². The van der Waals surface area contributed by atoms with Gasteiger partial charge in [0.2, 0.25) is 0 Å².